The molecule has 0 fully saturated rings. The van der Waals surface area contributed by atoms with Crippen LogP contribution in [-0.4, -0.2) is 59.1 Å². The van der Waals surface area contributed by atoms with Crippen LogP contribution in [0.15, 0.2) is 89.9 Å². The van der Waals surface area contributed by atoms with Crippen molar-refractivity contribution in [2.75, 3.05) is 6.54 Å². The van der Waals surface area contributed by atoms with E-state index < -0.39 is 29.9 Å². The highest BCUT2D eigenvalue weighted by molar-refractivity contribution is 7.20. The summed E-state index contributed by atoms with van der Waals surface area (Å²) in [6.45, 7) is 4.07. The molecule has 0 aliphatic carbocycles. The van der Waals surface area contributed by atoms with Gasteiger partial charge in [0.15, 0.2) is 11.0 Å². The van der Waals surface area contributed by atoms with Gasteiger partial charge in [-0.15, -0.1) is 11.3 Å². The molecule has 0 aliphatic heterocycles. The predicted molar refractivity (Wildman–Crippen MR) is 199 cm³/mol. The quantitative estimate of drug-likeness (QED) is 0.0419. The van der Waals surface area contributed by atoms with Gasteiger partial charge >= 0.3 is 0 Å². The van der Waals surface area contributed by atoms with Crippen molar-refractivity contribution in [3.05, 3.63) is 101 Å². The summed E-state index contributed by atoms with van der Waals surface area (Å²) >= 11 is 1.26. The number of aliphatic imine (C=N–C) groups is 1. The second-order valence-corrected chi connectivity index (χ2v) is 13.4. The molecular formula is C38H47N7O4S. The summed E-state index contributed by atoms with van der Waals surface area (Å²) in [4.78, 5) is 63.3. The van der Waals surface area contributed by atoms with E-state index in [9.17, 15) is 19.2 Å². The van der Waals surface area contributed by atoms with Crippen LogP contribution in [0.25, 0.3) is 10.2 Å². The second kappa shape index (κ2) is 19.2. The molecule has 264 valence electrons. The number of guanidine groups is 1. The summed E-state index contributed by atoms with van der Waals surface area (Å²) in [5, 5.41) is 9.03. The van der Waals surface area contributed by atoms with Gasteiger partial charge in [-0.1, -0.05) is 93.1 Å². The lowest BCUT2D eigenvalue weighted by Gasteiger charge is -2.28. The Bertz CT molecular complexity index is 1710. The topological polar surface area (TPSA) is 182 Å². The Morgan fingerprint density at radius 2 is 1.42 bits per heavy atom. The van der Waals surface area contributed by atoms with Crippen molar-refractivity contribution in [2.45, 2.75) is 76.9 Å². The van der Waals surface area contributed by atoms with Gasteiger partial charge in [-0.05, 0) is 61.3 Å². The molecule has 0 aliphatic rings. The molecule has 4 atom stereocenters. The number of thiazole rings is 1. The summed E-state index contributed by atoms with van der Waals surface area (Å²) in [6.07, 6.45) is 2.90. The number of carbonyl (C=O) groups is 4. The summed E-state index contributed by atoms with van der Waals surface area (Å²) in [5.41, 5.74) is 13.7. The number of nitrogens with one attached hydrogen (secondary N) is 3. The van der Waals surface area contributed by atoms with Crippen molar-refractivity contribution < 1.29 is 19.2 Å². The Morgan fingerprint density at radius 1 is 0.780 bits per heavy atom. The van der Waals surface area contributed by atoms with Crippen LogP contribution in [0.4, 0.5) is 0 Å². The standard InChI is InChI=1S/C38H47N7O4S/c1-3-25(2)33(36(49)43-29(18-12-24-41-38(39)40)34(47)37-44-28-17-10-11-19-31(28)50-37)45-35(48)30(22-20-26-13-6-4-7-14-26)42-32(46)23-21-27-15-8-5-9-16-27/h4-11,13-17,19,25,29-30,33H,3,12,18,20-24H2,1-2H3,(H,42,46)(H,43,49)(H,45,48)(H4,39,40,41)/t25-,29+,30+,33-/m1/s1. The maximum absolute atomic E-state index is 14.0. The van der Waals surface area contributed by atoms with E-state index in [2.05, 4.69) is 25.9 Å². The highest BCUT2D eigenvalue weighted by atomic mass is 32.1. The maximum atomic E-state index is 14.0. The van der Waals surface area contributed by atoms with Gasteiger partial charge in [-0.25, -0.2) is 4.98 Å². The molecule has 4 aromatic rings. The van der Waals surface area contributed by atoms with Crippen molar-refractivity contribution in [1.29, 1.82) is 0 Å². The third-order valence-corrected chi connectivity index (χ3v) is 9.63. The number of fused-ring (bicyclic) bond motifs is 1. The molecular weight excluding hydrogens is 651 g/mol. The zero-order valence-electron chi connectivity index (χ0n) is 28.6. The van der Waals surface area contributed by atoms with E-state index in [0.29, 0.717) is 37.6 Å². The zero-order valence-corrected chi connectivity index (χ0v) is 29.5. The molecule has 0 bridgehead atoms. The molecule has 0 spiro atoms. The Hall–Kier alpha value is -5.10. The molecule has 11 nitrogen and oxygen atoms in total. The minimum atomic E-state index is -0.962. The monoisotopic (exact) mass is 697 g/mol. The van der Waals surface area contributed by atoms with Crippen molar-refractivity contribution in [3.8, 4) is 0 Å². The van der Waals surface area contributed by atoms with Crippen LogP contribution in [0.1, 0.15) is 66.9 Å². The van der Waals surface area contributed by atoms with Crippen LogP contribution in [0.5, 0.6) is 0 Å². The number of hydrogen-bond acceptors (Lipinski definition) is 7. The largest absolute Gasteiger partial charge is 0.370 e. The number of aryl methyl sites for hydroxylation is 2. The lowest BCUT2D eigenvalue weighted by molar-refractivity contribution is -0.133. The number of nitrogens with two attached hydrogens (primary N) is 2. The van der Waals surface area contributed by atoms with Gasteiger partial charge in [-0.2, -0.15) is 0 Å². The zero-order chi connectivity index (χ0) is 35.9. The number of aromatic nitrogens is 1. The molecule has 4 rings (SSSR count). The second-order valence-electron chi connectivity index (χ2n) is 12.4. The van der Waals surface area contributed by atoms with Gasteiger partial charge in [0.25, 0.3) is 0 Å². The molecule has 7 N–H and O–H groups in total. The maximum Gasteiger partial charge on any atom is 0.243 e. The van der Waals surface area contributed by atoms with Crippen LogP contribution in [0, 0.1) is 5.92 Å². The van der Waals surface area contributed by atoms with Crippen LogP contribution in [0.2, 0.25) is 0 Å². The number of Topliss-reactive ketones (excluding diaryl/α,β-unsaturated/α-hetero) is 1. The average Bonchev–Trinajstić information content (AvgIpc) is 3.57. The fourth-order valence-corrected chi connectivity index (χ4v) is 6.47. The minimum absolute atomic E-state index is 0.0587. The summed E-state index contributed by atoms with van der Waals surface area (Å²) in [7, 11) is 0. The number of amides is 3. The minimum Gasteiger partial charge on any atom is -0.370 e. The van der Waals surface area contributed by atoms with Crippen molar-refractivity contribution in [1.82, 2.24) is 20.9 Å². The summed E-state index contributed by atoms with van der Waals surface area (Å²) in [5.74, 6) is -1.87. The van der Waals surface area contributed by atoms with Gasteiger partial charge < -0.3 is 27.4 Å². The number of hydrogen-bond donors (Lipinski definition) is 5. The molecule has 1 aromatic heterocycles. The third-order valence-electron chi connectivity index (χ3n) is 8.58. The molecule has 3 amide bonds. The number of para-hydroxylation sites is 1. The fraction of sp³-hybridized carbons (Fsp3) is 0.368. The summed E-state index contributed by atoms with van der Waals surface area (Å²) < 4.78 is 0.860. The third kappa shape index (κ3) is 11.5. The number of carbonyl (C=O) groups excluding carboxylic acids is 4. The Kier molecular flexibility index (Phi) is 14.5. The van der Waals surface area contributed by atoms with Crippen LogP contribution in [-0.2, 0) is 27.2 Å². The normalized spacial score (nSPS) is 13.4. The lowest BCUT2D eigenvalue weighted by atomic mass is 9.96. The first-order valence-electron chi connectivity index (χ1n) is 17.1. The van der Waals surface area contributed by atoms with Crippen LogP contribution in [0.3, 0.4) is 0 Å². The molecule has 0 saturated heterocycles. The summed E-state index contributed by atoms with van der Waals surface area (Å²) in [6, 6.07) is 24.1. The Labute approximate surface area is 297 Å². The van der Waals surface area contributed by atoms with Gasteiger partial charge in [0.1, 0.15) is 12.1 Å². The van der Waals surface area contributed by atoms with E-state index in [1.54, 1.807) is 0 Å². The van der Waals surface area contributed by atoms with E-state index in [1.165, 1.54) is 11.3 Å². The predicted octanol–water partition coefficient (Wildman–Crippen LogP) is 4.30. The van der Waals surface area contributed by atoms with Gasteiger partial charge in [0, 0.05) is 13.0 Å². The smallest absolute Gasteiger partial charge is 0.243 e. The number of rotatable bonds is 19. The van der Waals surface area contributed by atoms with E-state index in [-0.39, 0.29) is 48.0 Å². The SMILES string of the molecule is CC[C@@H](C)[C@@H](NC(=O)[C@H](CCc1ccccc1)NC(=O)CCc1ccccc1)C(=O)N[C@@H](CCCN=C(N)N)C(=O)c1nc2ccccc2s1. The molecule has 3 aromatic carbocycles. The average molecular weight is 698 g/mol. The number of nitrogens with zero attached hydrogens (tertiary/aromatic N) is 2. The van der Waals surface area contributed by atoms with Gasteiger partial charge in [-0.3, -0.25) is 24.2 Å². The first-order valence-corrected chi connectivity index (χ1v) is 17.9. The Morgan fingerprint density at radius 3 is 2.06 bits per heavy atom. The molecule has 0 unspecified atom stereocenters. The first-order chi connectivity index (χ1) is 24.1. The molecule has 1 heterocycles. The lowest BCUT2D eigenvalue weighted by Crippen LogP contribution is -2.57. The Balaban J connectivity index is 1.50. The number of ketones is 1. The van der Waals surface area contributed by atoms with Crippen molar-refractivity contribution >= 4 is 51.0 Å². The molecule has 0 radical (unpaired) electrons. The highest BCUT2D eigenvalue weighted by Gasteiger charge is 2.33. The van der Waals surface area contributed by atoms with Gasteiger partial charge in [0.05, 0.1) is 16.3 Å². The van der Waals surface area contributed by atoms with E-state index >= 15 is 0 Å². The first kappa shape index (κ1) is 37.7. The van der Waals surface area contributed by atoms with E-state index in [1.807, 2.05) is 98.8 Å². The molecule has 12 heteroatoms. The van der Waals surface area contributed by atoms with Crippen molar-refractivity contribution in [2.24, 2.45) is 22.4 Å². The van der Waals surface area contributed by atoms with Crippen LogP contribution >= 0.6 is 11.3 Å². The number of benzene rings is 3. The molecule has 0 saturated carbocycles. The molecule has 50 heavy (non-hydrogen) atoms. The van der Waals surface area contributed by atoms with E-state index in [0.717, 1.165) is 15.8 Å². The van der Waals surface area contributed by atoms with Crippen molar-refractivity contribution in [3.63, 3.8) is 0 Å². The fourth-order valence-electron chi connectivity index (χ4n) is 5.51. The van der Waals surface area contributed by atoms with Crippen LogP contribution < -0.4 is 27.4 Å². The van der Waals surface area contributed by atoms with E-state index in [4.69, 9.17) is 11.5 Å². The highest BCUT2D eigenvalue weighted by Crippen LogP contribution is 2.23. The van der Waals surface area contributed by atoms with Gasteiger partial charge in [0.2, 0.25) is 23.5 Å².